The Hall–Kier alpha value is -3.61. The quantitative estimate of drug-likeness (QED) is 0.504. The number of rotatable bonds is 6. The molecule has 162 valence electrons. The lowest BCUT2D eigenvalue weighted by Crippen LogP contribution is -2.29. The number of amides is 2. The Labute approximate surface area is 182 Å². The summed E-state index contributed by atoms with van der Waals surface area (Å²) in [5.41, 5.74) is 2.40. The highest BCUT2D eigenvalue weighted by Crippen LogP contribution is 2.21. The molecule has 0 aliphatic heterocycles. The van der Waals surface area contributed by atoms with Crippen molar-refractivity contribution in [1.82, 2.24) is 15.3 Å². The minimum absolute atomic E-state index is 0.215. The van der Waals surface area contributed by atoms with E-state index >= 15 is 0 Å². The van der Waals surface area contributed by atoms with Crippen LogP contribution in [-0.4, -0.2) is 27.6 Å². The molecule has 0 fully saturated rings. The monoisotopic (exact) mass is 420 g/mol. The van der Waals surface area contributed by atoms with Gasteiger partial charge in [0.2, 0.25) is 0 Å². The summed E-state index contributed by atoms with van der Waals surface area (Å²) in [5, 5.41) is 5.66. The van der Waals surface area contributed by atoms with Crippen LogP contribution in [0.2, 0.25) is 0 Å². The third kappa shape index (κ3) is 6.18. The highest BCUT2D eigenvalue weighted by Gasteiger charge is 2.18. The topological polar surface area (TPSA) is 96.1 Å². The first-order chi connectivity index (χ1) is 14.7. The van der Waals surface area contributed by atoms with Crippen molar-refractivity contribution in [3.8, 4) is 11.3 Å². The number of hydrogen-bond donors (Lipinski definition) is 3. The highest BCUT2D eigenvalue weighted by molar-refractivity contribution is 5.95. The molecule has 0 saturated carbocycles. The molecule has 0 radical (unpaired) electrons. The van der Waals surface area contributed by atoms with Gasteiger partial charge in [-0.05, 0) is 57.0 Å². The molecule has 2 aromatic carbocycles. The number of carbonyl (C=O) groups excluding carboxylic acids is 2. The number of H-pyrrole nitrogens is 1. The second-order valence-electron chi connectivity index (χ2n) is 8.19. The number of anilines is 1. The summed E-state index contributed by atoms with van der Waals surface area (Å²) >= 11 is 0. The first-order valence-electron chi connectivity index (χ1n) is 10.3. The number of nitrogens with one attached hydrogen (secondary N) is 3. The Balaban J connectivity index is 1.63. The zero-order valence-electron chi connectivity index (χ0n) is 18.2. The van der Waals surface area contributed by atoms with Gasteiger partial charge < -0.3 is 15.0 Å². The first-order valence-corrected chi connectivity index (χ1v) is 10.3. The van der Waals surface area contributed by atoms with Gasteiger partial charge in [0.15, 0.2) is 0 Å². The van der Waals surface area contributed by atoms with E-state index in [2.05, 4.69) is 20.6 Å². The Morgan fingerprint density at radius 3 is 2.35 bits per heavy atom. The smallest absolute Gasteiger partial charge is 0.412 e. The maximum Gasteiger partial charge on any atom is 0.412 e. The Morgan fingerprint density at radius 1 is 1.06 bits per heavy atom. The van der Waals surface area contributed by atoms with E-state index in [1.807, 2.05) is 37.3 Å². The number of nitrogens with zero attached hydrogens (tertiary/aromatic N) is 1. The third-order valence-electron chi connectivity index (χ3n) is 4.52. The second kappa shape index (κ2) is 9.47. The molecule has 31 heavy (non-hydrogen) atoms. The van der Waals surface area contributed by atoms with Crippen molar-refractivity contribution in [2.45, 2.75) is 45.8 Å². The van der Waals surface area contributed by atoms with E-state index < -0.39 is 11.7 Å². The van der Waals surface area contributed by atoms with Crippen LogP contribution in [0.15, 0.2) is 60.8 Å². The van der Waals surface area contributed by atoms with Crippen molar-refractivity contribution in [3.05, 3.63) is 72.2 Å². The molecule has 3 rings (SSSR count). The van der Waals surface area contributed by atoms with Gasteiger partial charge in [-0.3, -0.25) is 10.1 Å². The average molecular weight is 421 g/mol. The number of benzene rings is 2. The zero-order chi connectivity index (χ0) is 22.4. The summed E-state index contributed by atoms with van der Waals surface area (Å²) < 4.78 is 5.23. The minimum atomic E-state index is -0.578. The zero-order valence-corrected chi connectivity index (χ0v) is 18.2. The summed E-state index contributed by atoms with van der Waals surface area (Å²) in [6, 6.07) is 16.3. The SMILES string of the molecule is CCC(NC(=O)c1ccc(NC(=O)OC(C)(C)C)cc1)c1ncc(-c2ccccc2)[nH]1. The summed E-state index contributed by atoms with van der Waals surface area (Å²) in [4.78, 5) is 32.3. The van der Waals surface area contributed by atoms with Gasteiger partial charge in [0, 0.05) is 11.3 Å². The Kier molecular flexibility index (Phi) is 6.74. The van der Waals surface area contributed by atoms with Gasteiger partial charge in [0.1, 0.15) is 11.4 Å². The molecule has 0 spiro atoms. The van der Waals surface area contributed by atoms with E-state index in [-0.39, 0.29) is 11.9 Å². The van der Waals surface area contributed by atoms with Crippen LogP contribution in [0.4, 0.5) is 10.5 Å². The maximum absolute atomic E-state index is 12.7. The lowest BCUT2D eigenvalue weighted by molar-refractivity contribution is 0.0635. The number of hydrogen-bond acceptors (Lipinski definition) is 4. The number of imidazole rings is 1. The molecule has 3 aromatic rings. The molecule has 1 aromatic heterocycles. The fraction of sp³-hybridized carbons (Fsp3) is 0.292. The maximum atomic E-state index is 12.7. The second-order valence-corrected chi connectivity index (χ2v) is 8.19. The van der Waals surface area contributed by atoms with Crippen molar-refractivity contribution >= 4 is 17.7 Å². The van der Waals surface area contributed by atoms with Gasteiger partial charge in [-0.25, -0.2) is 9.78 Å². The molecule has 1 unspecified atom stereocenters. The fourth-order valence-corrected chi connectivity index (χ4v) is 3.01. The molecule has 1 heterocycles. The van der Waals surface area contributed by atoms with E-state index in [9.17, 15) is 9.59 Å². The van der Waals surface area contributed by atoms with Crippen LogP contribution in [0, 0.1) is 0 Å². The van der Waals surface area contributed by atoms with Crippen LogP contribution in [0.3, 0.4) is 0 Å². The molecule has 0 aliphatic rings. The van der Waals surface area contributed by atoms with Gasteiger partial charge in [-0.1, -0.05) is 37.3 Å². The first kappa shape index (κ1) is 22.1. The van der Waals surface area contributed by atoms with Crippen LogP contribution in [0.25, 0.3) is 11.3 Å². The summed E-state index contributed by atoms with van der Waals surface area (Å²) in [6.45, 7) is 7.38. The van der Waals surface area contributed by atoms with Gasteiger partial charge in [-0.15, -0.1) is 0 Å². The molecule has 7 nitrogen and oxygen atoms in total. The summed E-state index contributed by atoms with van der Waals surface area (Å²) in [5.74, 6) is 0.492. The lowest BCUT2D eigenvalue weighted by atomic mass is 10.1. The molecular weight excluding hydrogens is 392 g/mol. The molecule has 1 atom stereocenters. The fourth-order valence-electron chi connectivity index (χ4n) is 3.01. The average Bonchev–Trinajstić information content (AvgIpc) is 3.21. The van der Waals surface area contributed by atoms with Gasteiger partial charge >= 0.3 is 6.09 Å². The summed E-state index contributed by atoms with van der Waals surface area (Å²) in [6.07, 6.45) is 1.92. The van der Waals surface area contributed by atoms with Crippen LogP contribution >= 0.6 is 0 Å². The Bertz CT molecular complexity index is 1020. The molecule has 0 bridgehead atoms. The number of ether oxygens (including phenoxy) is 1. The lowest BCUT2D eigenvalue weighted by Gasteiger charge is -2.19. The van der Waals surface area contributed by atoms with E-state index in [1.54, 1.807) is 51.2 Å². The molecule has 7 heteroatoms. The molecule has 3 N–H and O–H groups in total. The normalized spacial score (nSPS) is 12.1. The largest absolute Gasteiger partial charge is 0.444 e. The predicted octanol–water partition coefficient (Wildman–Crippen LogP) is 5.30. The van der Waals surface area contributed by atoms with Gasteiger partial charge in [-0.2, -0.15) is 0 Å². The molecule has 2 amide bonds. The standard InChI is InChI=1S/C24H28N4O3/c1-5-19(21-25-15-20(27-21)16-9-7-6-8-10-16)28-22(29)17-11-13-18(14-12-17)26-23(30)31-24(2,3)4/h6-15,19H,5H2,1-4H3,(H,25,27)(H,26,30)(H,28,29). The minimum Gasteiger partial charge on any atom is -0.444 e. The van der Waals surface area contributed by atoms with Gasteiger partial charge in [0.05, 0.1) is 17.9 Å². The van der Waals surface area contributed by atoms with E-state index in [1.165, 1.54) is 0 Å². The van der Waals surface area contributed by atoms with E-state index in [0.29, 0.717) is 23.5 Å². The number of aromatic nitrogens is 2. The van der Waals surface area contributed by atoms with Crippen molar-refractivity contribution < 1.29 is 14.3 Å². The van der Waals surface area contributed by atoms with Crippen molar-refractivity contribution in [2.24, 2.45) is 0 Å². The Morgan fingerprint density at radius 2 is 1.74 bits per heavy atom. The van der Waals surface area contributed by atoms with Crippen LogP contribution in [-0.2, 0) is 4.74 Å². The molecule has 0 saturated heterocycles. The van der Waals surface area contributed by atoms with E-state index in [0.717, 1.165) is 11.3 Å². The predicted molar refractivity (Wildman–Crippen MR) is 121 cm³/mol. The molecule has 0 aliphatic carbocycles. The number of carbonyl (C=O) groups is 2. The summed E-state index contributed by atoms with van der Waals surface area (Å²) in [7, 11) is 0. The molecular formula is C24H28N4O3. The van der Waals surface area contributed by atoms with Gasteiger partial charge in [0.25, 0.3) is 5.91 Å². The van der Waals surface area contributed by atoms with Crippen molar-refractivity contribution in [2.75, 3.05) is 5.32 Å². The van der Waals surface area contributed by atoms with Crippen LogP contribution < -0.4 is 10.6 Å². The van der Waals surface area contributed by atoms with Crippen molar-refractivity contribution in [3.63, 3.8) is 0 Å². The number of aromatic amines is 1. The van der Waals surface area contributed by atoms with Crippen molar-refractivity contribution in [1.29, 1.82) is 0 Å². The van der Waals surface area contributed by atoms with Crippen LogP contribution in [0.5, 0.6) is 0 Å². The highest BCUT2D eigenvalue weighted by atomic mass is 16.6. The third-order valence-corrected chi connectivity index (χ3v) is 4.52. The van der Waals surface area contributed by atoms with E-state index in [4.69, 9.17) is 4.74 Å². The van der Waals surface area contributed by atoms with Crippen LogP contribution in [0.1, 0.15) is 56.3 Å².